The number of carbonyl (C=O) groups is 1. The predicted octanol–water partition coefficient (Wildman–Crippen LogP) is 5.86. The van der Waals surface area contributed by atoms with Gasteiger partial charge in [-0.25, -0.2) is 9.97 Å². The molecule has 1 N–H and O–H groups in total. The van der Waals surface area contributed by atoms with Crippen LogP contribution in [0.4, 0.5) is 0 Å². The number of carbonyl (C=O) groups excluding carboxylic acids is 1. The maximum absolute atomic E-state index is 13.1. The molecule has 4 heterocycles. The van der Waals surface area contributed by atoms with Crippen LogP contribution in [0.15, 0.2) is 66.4 Å². The summed E-state index contributed by atoms with van der Waals surface area (Å²) in [5.41, 5.74) is 8.66. The lowest BCUT2D eigenvalue weighted by Gasteiger charge is -2.58. The maximum Gasteiger partial charge on any atom is 0.270 e. The summed E-state index contributed by atoms with van der Waals surface area (Å²) in [5, 5.41) is 3.15. The zero-order valence-corrected chi connectivity index (χ0v) is 25.4. The first-order chi connectivity index (χ1) is 20.9. The van der Waals surface area contributed by atoms with Crippen LogP contribution in [0.5, 0.6) is 0 Å². The average Bonchev–Trinajstić information content (AvgIpc) is 2.97. The van der Waals surface area contributed by atoms with Gasteiger partial charge in [0.05, 0.1) is 12.1 Å². The number of nitrogens with one attached hydrogen (secondary N) is 1. The number of likely N-dealkylation sites (tertiary alicyclic amines) is 1. The van der Waals surface area contributed by atoms with Crippen molar-refractivity contribution in [2.75, 3.05) is 39.5 Å². The molecule has 7 nitrogen and oxygen atoms in total. The minimum atomic E-state index is -0.173. The van der Waals surface area contributed by atoms with E-state index in [1.807, 2.05) is 6.92 Å². The lowest BCUT2D eigenvalue weighted by molar-refractivity contribution is -0.108. The number of rotatable bonds is 8. The summed E-state index contributed by atoms with van der Waals surface area (Å²) in [7, 11) is 0. The molecular formula is C36H42N4O3. The monoisotopic (exact) mass is 578 g/mol. The second-order valence-corrected chi connectivity index (χ2v) is 13.2. The zero-order valence-electron chi connectivity index (χ0n) is 25.4. The Labute approximate surface area is 254 Å². The fourth-order valence-corrected chi connectivity index (χ4v) is 7.24. The Hall–Kier alpha value is -3.39. The van der Waals surface area contributed by atoms with E-state index >= 15 is 0 Å². The molecule has 1 aliphatic carbocycles. The molecule has 1 saturated carbocycles. The molecule has 4 fully saturated rings. The van der Waals surface area contributed by atoms with Crippen molar-refractivity contribution in [3.8, 4) is 0 Å². The first-order valence-electron chi connectivity index (χ1n) is 15.9. The van der Waals surface area contributed by atoms with Gasteiger partial charge in [0.25, 0.3) is 5.91 Å². The van der Waals surface area contributed by atoms with Gasteiger partial charge in [-0.05, 0) is 74.3 Å². The Balaban J connectivity index is 1.04. The van der Waals surface area contributed by atoms with Crippen molar-refractivity contribution in [2.24, 2.45) is 5.41 Å². The standard InChI is InChI=1S/C36H42N4O3/c1-24-3-5-27(6-4-24)33(30-19-36(20-30)22-40(23-36)21-31-14-18-43-31)28-9-7-26(8-10-28)25(2)38-35(41)32-11-15-37-34(39-32)29-12-16-42-17-13-29/h3-11,15,25,29,31H,12-14,16-23H2,1-2H3,(H,38,41)/t25?,31-/m1/s1. The van der Waals surface area contributed by atoms with Crippen LogP contribution in [0.2, 0.25) is 0 Å². The molecule has 43 heavy (non-hydrogen) atoms. The third kappa shape index (κ3) is 6.03. The highest BCUT2D eigenvalue weighted by atomic mass is 16.5. The van der Waals surface area contributed by atoms with Crippen LogP contribution in [0.25, 0.3) is 5.57 Å². The molecule has 2 aromatic carbocycles. The lowest BCUT2D eigenvalue weighted by Crippen LogP contribution is -2.62. The highest BCUT2D eigenvalue weighted by Crippen LogP contribution is 2.54. The Morgan fingerprint density at radius 1 is 0.977 bits per heavy atom. The minimum absolute atomic E-state index is 0.147. The molecule has 3 aromatic rings. The van der Waals surface area contributed by atoms with Gasteiger partial charge < -0.3 is 14.8 Å². The van der Waals surface area contributed by atoms with Crippen LogP contribution in [0, 0.1) is 12.3 Å². The summed E-state index contributed by atoms with van der Waals surface area (Å²) in [5.74, 6) is 0.816. The van der Waals surface area contributed by atoms with Crippen LogP contribution in [0.1, 0.15) is 89.6 Å². The van der Waals surface area contributed by atoms with E-state index < -0.39 is 0 Å². The van der Waals surface area contributed by atoms with E-state index in [1.165, 1.54) is 54.6 Å². The van der Waals surface area contributed by atoms with Crippen LogP contribution >= 0.6 is 0 Å². The summed E-state index contributed by atoms with van der Waals surface area (Å²) in [6.07, 6.45) is 7.48. The third-order valence-electron chi connectivity index (χ3n) is 9.78. The van der Waals surface area contributed by atoms with Crippen molar-refractivity contribution < 1.29 is 14.3 Å². The second kappa shape index (κ2) is 11.9. The van der Waals surface area contributed by atoms with E-state index in [1.54, 1.807) is 17.8 Å². The number of hydrogen-bond acceptors (Lipinski definition) is 6. The zero-order chi connectivity index (χ0) is 29.4. The molecule has 1 spiro atoms. The minimum Gasteiger partial charge on any atom is -0.381 e. The number of amides is 1. The number of nitrogens with zero attached hydrogens (tertiary/aromatic N) is 3. The van der Waals surface area contributed by atoms with Gasteiger partial charge in [0.1, 0.15) is 11.5 Å². The van der Waals surface area contributed by atoms with Crippen LogP contribution in [-0.4, -0.2) is 66.3 Å². The number of allylic oxidation sites excluding steroid dienone is 1. The smallest absolute Gasteiger partial charge is 0.270 e. The van der Waals surface area contributed by atoms with Crippen molar-refractivity contribution >= 4 is 11.5 Å². The summed E-state index contributed by atoms with van der Waals surface area (Å²) < 4.78 is 11.1. The quantitative estimate of drug-likeness (QED) is 0.361. The Bertz CT molecular complexity index is 1470. The SMILES string of the molecule is Cc1ccc(C(=C2CC3(C2)CN(C[C@H]2CCO2)C3)c2ccc(C(C)NC(=O)c3ccnc(C4CCOCC4)n3)cc2)cc1. The Morgan fingerprint density at radius 2 is 1.65 bits per heavy atom. The van der Waals surface area contributed by atoms with Gasteiger partial charge in [0, 0.05) is 57.0 Å². The van der Waals surface area contributed by atoms with Crippen LogP contribution < -0.4 is 5.32 Å². The van der Waals surface area contributed by atoms with E-state index in [0.717, 1.165) is 50.6 Å². The molecule has 224 valence electrons. The van der Waals surface area contributed by atoms with Gasteiger partial charge in [-0.3, -0.25) is 9.69 Å². The maximum atomic E-state index is 13.1. The van der Waals surface area contributed by atoms with E-state index in [2.05, 4.69) is 75.6 Å². The lowest BCUT2D eigenvalue weighted by atomic mass is 9.59. The fourth-order valence-electron chi connectivity index (χ4n) is 7.24. The molecule has 1 aromatic heterocycles. The molecule has 3 saturated heterocycles. The fraction of sp³-hybridized carbons (Fsp3) is 0.472. The second-order valence-electron chi connectivity index (χ2n) is 13.2. The Kier molecular flexibility index (Phi) is 7.89. The van der Waals surface area contributed by atoms with E-state index in [0.29, 0.717) is 17.2 Å². The van der Waals surface area contributed by atoms with E-state index in [9.17, 15) is 4.79 Å². The molecule has 0 radical (unpaired) electrons. The molecule has 4 aliphatic rings. The van der Waals surface area contributed by atoms with Gasteiger partial charge in [-0.2, -0.15) is 0 Å². The number of aromatic nitrogens is 2. The summed E-state index contributed by atoms with van der Waals surface area (Å²) in [6.45, 7) is 10.0. The van der Waals surface area contributed by atoms with Gasteiger partial charge in [-0.15, -0.1) is 0 Å². The molecule has 7 rings (SSSR count). The number of aryl methyl sites for hydroxylation is 1. The van der Waals surface area contributed by atoms with Gasteiger partial charge >= 0.3 is 0 Å². The topological polar surface area (TPSA) is 76.6 Å². The molecule has 1 amide bonds. The first-order valence-corrected chi connectivity index (χ1v) is 15.9. The molecule has 7 heteroatoms. The highest BCUT2D eigenvalue weighted by Gasteiger charge is 2.51. The van der Waals surface area contributed by atoms with Gasteiger partial charge in [-0.1, -0.05) is 59.7 Å². The normalized spacial score (nSPS) is 22.3. The van der Waals surface area contributed by atoms with Crippen LogP contribution in [-0.2, 0) is 9.47 Å². The summed E-state index contributed by atoms with van der Waals surface area (Å²) in [6, 6.07) is 19.2. The molecule has 3 aliphatic heterocycles. The van der Waals surface area contributed by atoms with Crippen molar-refractivity contribution in [2.45, 2.75) is 64.0 Å². The van der Waals surface area contributed by atoms with Crippen molar-refractivity contribution in [3.63, 3.8) is 0 Å². The molecule has 1 unspecified atom stereocenters. The number of ether oxygens (including phenoxy) is 2. The molecule has 2 atom stereocenters. The van der Waals surface area contributed by atoms with Crippen molar-refractivity contribution in [3.05, 3.63) is 100 Å². The largest absolute Gasteiger partial charge is 0.381 e. The molecular weight excluding hydrogens is 536 g/mol. The van der Waals surface area contributed by atoms with Gasteiger partial charge in [0.2, 0.25) is 0 Å². The highest BCUT2D eigenvalue weighted by molar-refractivity contribution is 5.92. The van der Waals surface area contributed by atoms with E-state index in [-0.39, 0.29) is 17.9 Å². The van der Waals surface area contributed by atoms with Crippen molar-refractivity contribution in [1.29, 1.82) is 0 Å². The van der Waals surface area contributed by atoms with Crippen LogP contribution in [0.3, 0.4) is 0 Å². The average molecular weight is 579 g/mol. The Morgan fingerprint density at radius 3 is 2.30 bits per heavy atom. The van der Waals surface area contributed by atoms with Gasteiger partial charge in [0.15, 0.2) is 0 Å². The third-order valence-corrected chi connectivity index (χ3v) is 9.78. The number of benzene rings is 2. The summed E-state index contributed by atoms with van der Waals surface area (Å²) >= 11 is 0. The number of hydrogen-bond donors (Lipinski definition) is 1. The van der Waals surface area contributed by atoms with E-state index in [4.69, 9.17) is 9.47 Å². The molecule has 0 bridgehead atoms. The summed E-state index contributed by atoms with van der Waals surface area (Å²) in [4.78, 5) is 24.8. The first kappa shape index (κ1) is 28.4. The predicted molar refractivity (Wildman–Crippen MR) is 167 cm³/mol. The van der Waals surface area contributed by atoms with Crippen molar-refractivity contribution in [1.82, 2.24) is 20.2 Å².